The lowest BCUT2D eigenvalue weighted by molar-refractivity contribution is -0.121. The fourth-order valence-corrected chi connectivity index (χ4v) is 3.41. The molecule has 2 amide bonds. The third kappa shape index (κ3) is 4.88. The Labute approximate surface area is 171 Å². The average molecular weight is 396 g/mol. The van der Waals surface area contributed by atoms with Crippen molar-refractivity contribution >= 4 is 17.7 Å². The third-order valence-corrected chi connectivity index (χ3v) is 4.79. The first-order chi connectivity index (χ1) is 13.7. The fourth-order valence-electron chi connectivity index (χ4n) is 3.41. The molecule has 0 fully saturated rings. The number of nitrogens with one attached hydrogen (secondary N) is 1. The van der Waals surface area contributed by atoms with Crippen molar-refractivity contribution in [2.75, 3.05) is 12.4 Å². The largest absolute Gasteiger partial charge is 0.495 e. The van der Waals surface area contributed by atoms with Gasteiger partial charge in [-0.05, 0) is 56.5 Å². The van der Waals surface area contributed by atoms with Crippen LogP contribution in [-0.4, -0.2) is 35.7 Å². The number of amides is 2. The average Bonchev–Trinajstić information content (AvgIpc) is 2.65. The van der Waals surface area contributed by atoms with Crippen LogP contribution in [0.15, 0.2) is 42.5 Å². The highest BCUT2D eigenvalue weighted by atomic mass is 16.6. The van der Waals surface area contributed by atoms with Crippen molar-refractivity contribution in [3.8, 4) is 5.75 Å². The van der Waals surface area contributed by atoms with Crippen molar-refractivity contribution < 1.29 is 19.1 Å². The van der Waals surface area contributed by atoms with E-state index in [1.165, 1.54) is 4.90 Å². The second-order valence-corrected chi connectivity index (χ2v) is 8.29. The molecule has 2 aromatic carbocycles. The molecule has 0 bridgehead atoms. The quantitative estimate of drug-likeness (QED) is 0.840. The van der Waals surface area contributed by atoms with Gasteiger partial charge in [-0.2, -0.15) is 0 Å². The van der Waals surface area contributed by atoms with Crippen LogP contribution < -0.4 is 10.1 Å². The minimum Gasteiger partial charge on any atom is -0.495 e. The first-order valence-electron chi connectivity index (χ1n) is 9.70. The van der Waals surface area contributed by atoms with Crippen LogP contribution in [0.5, 0.6) is 5.75 Å². The second-order valence-electron chi connectivity index (χ2n) is 8.29. The summed E-state index contributed by atoms with van der Waals surface area (Å²) >= 11 is 0. The molecule has 1 heterocycles. The topological polar surface area (TPSA) is 67.9 Å². The summed E-state index contributed by atoms with van der Waals surface area (Å²) < 4.78 is 10.9. The summed E-state index contributed by atoms with van der Waals surface area (Å²) in [5.74, 6) is 0.304. The van der Waals surface area contributed by atoms with E-state index in [2.05, 4.69) is 5.32 Å². The number of hydrogen-bond acceptors (Lipinski definition) is 4. The predicted octanol–water partition coefficient (Wildman–Crippen LogP) is 4.30. The van der Waals surface area contributed by atoms with Crippen LogP contribution in [0.4, 0.5) is 10.5 Å². The summed E-state index contributed by atoms with van der Waals surface area (Å²) in [6.45, 7) is 7.72. The van der Waals surface area contributed by atoms with Crippen molar-refractivity contribution in [1.29, 1.82) is 0 Å². The van der Waals surface area contributed by atoms with Gasteiger partial charge in [-0.3, -0.25) is 9.69 Å². The molecule has 0 aromatic heterocycles. The van der Waals surface area contributed by atoms with Crippen LogP contribution in [0, 0.1) is 6.92 Å². The summed E-state index contributed by atoms with van der Waals surface area (Å²) in [5.41, 5.74) is 3.02. The molecule has 0 aliphatic carbocycles. The minimum atomic E-state index is -0.676. The Kier molecular flexibility index (Phi) is 5.82. The van der Waals surface area contributed by atoms with Gasteiger partial charge in [-0.15, -0.1) is 0 Å². The van der Waals surface area contributed by atoms with Gasteiger partial charge in [-0.25, -0.2) is 4.79 Å². The van der Waals surface area contributed by atoms with E-state index in [-0.39, 0.29) is 5.91 Å². The highest BCUT2D eigenvalue weighted by Crippen LogP contribution is 2.29. The maximum absolute atomic E-state index is 13.2. The zero-order chi connectivity index (χ0) is 21.2. The maximum Gasteiger partial charge on any atom is 0.411 e. The van der Waals surface area contributed by atoms with Gasteiger partial charge in [0.25, 0.3) is 0 Å². The molecule has 29 heavy (non-hydrogen) atoms. The van der Waals surface area contributed by atoms with Crippen LogP contribution in [0.1, 0.15) is 37.5 Å². The third-order valence-electron chi connectivity index (χ3n) is 4.79. The molecule has 0 unspecified atom stereocenters. The second kappa shape index (κ2) is 8.15. The van der Waals surface area contributed by atoms with E-state index in [1.54, 1.807) is 7.11 Å². The predicted molar refractivity (Wildman–Crippen MR) is 112 cm³/mol. The summed E-state index contributed by atoms with van der Waals surface area (Å²) in [5, 5.41) is 2.94. The van der Waals surface area contributed by atoms with Gasteiger partial charge < -0.3 is 14.8 Å². The van der Waals surface area contributed by atoms with Crippen LogP contribution in [-0.2, 0) is 22.5 Å². The number of aryl methyl sites for hydroxylation is 1. The number of nitrogens with zero attached hydrogens (tertiary/aromatic N) is 1. The summed E-state index contributed by atoms with van der Waals surface area (Å²) in [6, 6.07) is 12.8. The Balaban J connectivity index is 1.90. The van der Waals surface area contributed by atoms with Gasteiger partial charge in [-0.1, -0.05) is 30.3 Å². The van der Waals surface area contributed by atoms with Gasteiger partial charge in [0.15, 0.2) is 0 Å². The zero-order valence-electron chi connectivity index (χ0n) is 17.6. The van der Waals surface area contributed by atoms with Crippen molar-refractivity contribution in [3.63, 3.8) is 0 Å². The van der Waals surface area contributed by atoms with Gasteiger partial charge >= 0.3 is 6.09 Å². The van der Waals surface area contributed by atoms with Crippen LogP contribution in [0.3, 0.4) is 0 Å². The Hall–Kier alpha value is -3.02. The van der Waals surface area contributed by atoms with Crippen LogP contribution in [0.25, 0.3) is 0 Å². The van der Waals surface area contributed by atoms with Crippen molar-refractivity contribution in [2.24, 2.45) is 0 Å². The van der Waals surface area contributed by atoms with Crippen molar-refractivity contribution in [1.82, 2.24) is 4.90 Å². The number of fused-ring (bicyclic) bond motifs is 1. The molecule has 6 nitrogen and oxygen atoms in total. The molecule has 154 valence electrons. The Morgan fingerprint density at radius 3 is 2.45 bits per heavy atom. The number of methoxy groups -OCH3 is 1. The maximum atomic E-state index is 13.2. The molecule has 2 aromatic rings. The smallest absolute Gasteiger partial charge is 0.411 e. The molecule has 1 aliphatic heterocycles. The first-order valence-corrected chi connectivity index (χ1v) is 9.70. The Morgan fingerprint density at radius 2 is 1.79 bits per heavy atom. The monoisotopic (exact) mass is 396 g/mol. The number of rotatable bonds is 3. The normalized spacial score (nSPS) is 16.0. The first kappa shape index (κ1) is 20.7. The lowest BCUT2D eigenvalue weighted by Gasteiger charge is -2.37. The van der Waals surface area contributed by atoms with Crippen LogP contribution in [0.2, 0.25) is 0 Å². The number of ether oxygens (including phenoxy) is 2. The SMILES string of the molecule is COc1ccc(C)cc1NC(=O)[C@H]1Cc2ccccc2CN1C(=O)OC(C)(C)C. The molecule has 1 N–H and O–H groups in total. The van der Waals surface area contributed by atoms with Gasteiger partial charge in [0.1, 0.15) is 17.4 Å². The lowest BCUT2D eigenvalue weighted by Crippen LogP contribution is -2.52. The van der Waals surface area contributed by atoms with E-state index in [1.807, 2.05) is 70.2 Å². The molecule has 0 saturated heterocycles. The van der Waals surface area contributed by atoms with Crippen molar-refractivity contribution in [2.45, 2.75) is 52.3 Å². The molecule has 1 atom stereocenters. The number of hydrogen-bond donors (Lipinski definition) is 1. The van der Waals surface area contributed by atoms with Crippen molar-refractivity contribution in [3.05, 3.63) is 59.2 Å². The van der Waals surface area contributed by atoms with E-state index in [4.69, 9.17) is 9.47 Å². The van der Waals surface area contributed by atoms with Gasteiger partial charge in [0, 0.05) is 6.42 Å². The standard InChI is InChI=1S/C23H28N2O4/c1-15-10-11-20(28-5)18(12-15)24-21(26)19-13-16-8-6-7-9-17(16)14-25(19)22(27)29-23(2,3)4/h6-12,19H,13-14H2,1-5H3,(H,24,26)/t19-/m1/s1. The molecular weight excluding hydrogens is 368 g/mol. The highest BCUT2D eigenvalue weighted by molar-refractivity contribution is 5.98. The summed E-state index contributed by atoms with van der Waals surface area (Å²) in [7, 11) is 1.56. The number of carbonyl (C=O) groups excluding carboxylic acids is 2. The van der Waals surface area contributed by atoms with Crippen LogP contribution >= 0.6 is 0 Å². The Bertz CT molecular complexity index is 917. The van der Waals surface area contributed by atoms with E-state index in [9.17, 15) is 9.59 Å². The lowest BCUT2D eigenvalue weighted by atomic mass is 9.93. The van der Waals surface area contributed by atoms with Gasteiger partial charge in [0.05, 0.1) is 19.3 Å². The fraction of sp³-hybridized carbons (Fsp3) is 0.391. The zero-order valence-corrected chi connectivity index (χ0v) is 17.6. The van der Waals surface area contributed by atoms with Gasteiger partial charge in [0.2, 0.25) is 5.91 Å². The highest BCUT2D eigenvalue weighted by Gasteiger charge is 2.37. The summed E-state index contributed by atoms with van der Waals surface area (Å²) in [6.07, 6.45) is -0.0709. The number of carbonyl (C=O) groups is 2. The molecule has 0 saturated carbocycles. The summed E-state index contributed by atoms with van der Waals surface area (Å²) in [4.78, 5) is 27.6. The molecule has 0 radical (unpaired) electrons. The Morgan fingerprint density at radius 1 is 1.10 bits per heavy atom. The van der Waals surface area contributed by atoms with E-state index < -0.39 is 17.7 Å². The molecule has 6 heteroatoms. The molecule has 3 rings (SSSR count). The van der Waals surface area contributed by atoms with E-state index in [0.29, 0.717) is 24.4 Å². The van der Waals surface area contributed by atoms with E-state index in [0.717, 1.165) is 16.7 Å². The molecule has 0 spiro atoms. The number of anilines is 1. The molecular formula is C23H28N2O4. The minimum absolute atomic E-state index is 0.269. The number of benzene rings is 2. The van der Waals surface area contributed by atoms with E-state index >= 15 is 0 Å². The molecule has 1 aliphatic rings.